The second-order valence-electron chi connectivity index (χ2n) is 28.7. The fourth-order valence-corrected chi connectivity index (χ4v) is 15.3. The van der Waals surface area contributed by atoms with Crippen LogP contribution < -0.4 is 26.2 Å². The predicted octanol–water partition coefficient (Wildman–Crippen LogP) is 22.9. The zero-order valence-corrected chi connectivity index (χ0v) is 55.3. The van der Waals surface area contributed by atoms with Gasteiger partial charge >= 0.3 is 0 Å². The predicted molar refractivity (Wildman–Crippen MR) is 414 cm³/mol. The Morgan fingerprint density at radius 1 is 0.268 bits per heavy atom. The van der Waals surface area contributed by atoms with Crippen molar-refractivity contribution in [1.29, 1.82) is 0 Å². The zero-order chi connectivity index (χ0) is 65.3. The van der Waals surface area contributed by atoms with Gasteiger partial charge in [0.1, 0.15) is 0 Å². The molecule has 97 heavy (non-hydrogen) atoms. The quantitative estimate of drug-likeness (QED) is 0.112. The van der Waals surface area contributed by atoms with E-state index in [0.29, 0.717) is 5.82 Å². The Hall–Kier alpha value is -11.7. The maximum absolute atomic E-state index is 5.94. The average Bonchev–Trinajstić information content (AvgIpc) is 0.688. The van der Waals surface area contributed by atoms with Crippen LogP contribution >= 0.6 is 0 Å². The summed E-state index contributed by atoms with van der Waals surface area (Å²) in [5.41, 5.74) is 25.4. The minimum atomic E-state index is -0.228. The molecule has 0 spiro atoms. The Kier molecular flexibility index (Phi) is 13.4. The van der Waals surface area contributed by atoms with Gasteiger partial charge in [-0.05, 0) is 229 Å². The molecule has 0 atom stereocenters. The van der Waals surface area contributed by atoms with Gasteiger partial charge in [0.15, 0.2) is 5.82 Å². The molecule has 1 aromatic heterocycles. The number of aromatic nitrogens is 2. The van der Waals surface area contributed by atoms with Gasteiger partial charge in [-0.3, -0.25) is 0 Å². The largest absolute Gasteiger partial charge is 0.311 e. The molecule has 16 aromatic rings. The maximum atomic E-state index is 5.94. The molecule has 18 rings (SSSR count). The van der Waals surface area contributed by atoms with Crippen LogP contribution in [-0.2, 0) is 10.8 Å². The molecule has 0 unspecified atom stereocenters. The van der Waals surface area contributed by atoms with Crippen molar-refractivity contribution in [3.05, 3.63) is 321 Å². The number of fused-ring (bicyclic) bond motifs is 9. The Labute approximate surface area is 567 Å². The minimum Gasteiger partial charge on any atom is -0.311 e. The average molecular weight is 1240 g/mol. The first-order valence-corrected chi connectivity index (χ1v) is 33.9. The highest BCUT2D eigenvalue weighted by Crippen LogP contribution is 2.51. The Bertz CT molecular complexity index is 5420. The Morgan fingerprint density at radius 2 is 0.629 bits per heavy atom. The van der Waals surface area contributed by atoms with Gasteiger partial charge < -0.3 is 9.80 Å². The van der Waals surface area contributed by atoms with E-state index in [0.717, 1.165) is 106 Å². The Balaban J connectivity index is 1.01. The molecular weight excluding hydrogens is 1170 g/mol. The number of para-hydroxylation sites is 1. The molecule has 0 aliphatic carbocycles. The van der Waals surface area contributed by atoms with Crippen molar-refractivity contribution in [2.75, 3.05) is 9.80 Å². The van der Waals surface area contributed by atoms with Crippen LogP contribution in [0.5, 0.6) is 0 Å². The summed E-state index contributed by atoms with van der Waals surface area (Å²) in [6.45, 7) is 13.6. The molecule has 3 heterocycles. The van der Waals surface area contributed by atoms with Gasteiger partial charge in [-0.25, -0.2) is 9.97 Å². The van der Waals surface area contributed by atoms with Crippen LogP contribution in [0.2, 0.25) is 0 Å². The molecule has 0 N–H and O–H groups in total. The van der Waals surface area contributed by atoms with Crippen molar-refractivity contribution in [3.8, 4) is 67.2 Å². The molecule has 0 amide bonds. The number of rotatable bonds is 8. The number of nitrogens with zero attached hydrogens (tertiary/aromatic N) is 4. The van der Waals surface area contributed by atoms with E-state index in [1.807, 2.05) is 0 Å². The highest BCUT2D eigenvalue weighted by molar-refractivity contribution is 7.00. The highest BCUT2D eigenvalue weighted by Gasteiger charge is 2.45. The monoisotopic (exact) mass is 1240 g/mol. The van der Waals surface area contributed by atoms with Crippen LogP contribution in [-0.4, -0.2) is 16.7 Å². The summed E-state index contributed by atoms with van der Waals surface area (Å²) >= 11 is 0. The molecule has 2 aliphatic rings. The van der Waals surface area contributed by atoms with Crippen molar-refractivity contribution in [2.24, 2.45) is 0 Å². The molecule has 15 aromatic carbocycles. The van der Waals surface area contributed by atoms with E-state index in [2.05, 4.69) is 361 Å². The molecule has 4 nitrogen and oxygen atoms in total. The van der Waals surface area contributed by atoms with Crippen LogP contribution in [0.1, 0.15) is 52.7 Å². The lowest BCUT2D eigenvalue weighted by Crippen LogP contribution is -2.61. The number of anilines is 6. The van der Waals surface area contributed by atoms with Crippen molar-refractivity contribution in [2.45, 2.75) is 52.4 Å². The molecule has 0 saturated carbocycles. The van der Waals surface area contributed by atoms with Gasteiger partial charge in [-0.15, -0.1) is 0 Å². The third-order valence-electron chi connectivity index (χ3n) is 20.3. The van der Waals surface area contributed by atoms with Gasteiger partial charge in [0.2, 0.25) is 0 Å². The molecule has 460 valence electrons. The standard InChI is InChI=1S/C92H69BN4/c1-91(2,3)76-45-75(46-77(57-76)92(4,5)6)90-94-83-38-24-23-37-80(83)89(95-90)74-55-86-88-87(56-74)97(79-49-68(60-29-15-9-16-30-60)44-69(50-79)61-31-17-10-18-32-61)85-54-73-42-65-36-22-20-34-63(65)40-71(73)52-82(85)93(88)81-51-70-39-62-33-19-21-35-64(62)41-72(70)53-84(81)96(86)78-47-66(58-25-11-7-12-26-58)43-67(48-78)59-27-13-8-14-28-59/h7-57H,1-6H3. The third-order valence-corrected chi connectivity index (χ3v) is 20.3. The number of hydrogen-bond acceptors (Lipinski definition) is 4. The fraction of sp³-hybridized carbons (Fsp3) is 0.0870. The lowest BCUT2D eigenvalue weighted by atomic mass is 9.33. The van der Waals surface area contributed by atoms with E-state index in [9.17, 15) is 0 Å². The first-order valence-electron chi connectivity index (χ1n) is 33.9. The number of benzene rings is 15. The van der Waals surface area contributed by atoms with E-state index in [1.54, 1.807) is 0 Å². The minimum absolute atomic E-state index is 0.125. The summed E-state index contributed by atoms with van der Waals surface area (Å²) in [7, 11) is 0. The molecule has 0 bridgehead atoms. The van der Waals surface area contributed by atoms with Crippen molar-refractivity contribution < 1.29 is 0 Å². The van der Waals surface area contributed by atoms with E-state index >= 15 is 0 Å². The van der Waals surface area contributed by atoms with Crippen LogP contribution in [0.15, 0.2) is 309 Å². The number of hydrogen-bond donors (Lipinski definition) is 0. The highest BCUT2D eigenvalue weighted by atomic mass is 15.2. The van der Waals surface area contributed by atoms with Crippen LogP contribution in [0.4, 0.5) is 34.1 Å². The first-order chi connectivity index (χ1) is 47.3. The van der Waals surface area contributed by atoms with Crippen molar-refractivity contribution in [1.82, 2.24) is 9.97 Å². The van der Waals surface area contributed by atoms with Crippen LogP contribution in [0.3, 0.4) is 0 Å². The molecule has 0 fully saturated rings. The zero-order valence-electron chi connectivity index (χ0n) is 55.3. The van der Waals surface area contributed by atoms with Crippen LogP contribution in [0.25, 0.3) is 121 Å². The summed E-state index contributed by atoms with van der Waals surface area (Å²) in [6.07, 6.45) is 0. The summed E-state index contributed by atoms with van der Waals surface area (Å²) in [5, 5.41) is 10.6. The lowest BCUT2D eigenvalue weighted by Gasteiger charge is -2.45. The van der Waals surface area contributed by atoms with Gasteiger partial charge in [0, 0.05) is 50.6 Å². The SMILES string of the molecule is CC(C)(C)c1cc(-c2nc(-c3cc4c5c(c3)N(c3cc(-c6ccccc6)cc(-c6ccccc6)c3)c3cc6cc7ccccc7cc6cc3B5c3cc5cc6ccccc6cc5cc3N4c3cc(-c4ccccc4)cc(-c4ccccc4)c3)c3ccccc3n2)cc(C(C)(C)C)c1. The van der Waals surface area contributed by atoms with Gasteiger partial charge in [0.25, 0.3) is 6.71 Å². The summed E-state index contributed by atoms with van der Waals surface area (Å²) < 4.78 is 0. The Morgan fingerprint density at radius 3 is 1.02 bits per heavy atom. The summed E-state index contributed by atoms with van der Waals surface area (Å²) in [6, 6.07) is 116. The smallest absolute Gasteiger partial charge is 0.252 e. The van der Waals surface area contributed by atoms with Crippen molar-refractivity contribution in [3.63, 3.8) is 0 Å². The lowest BCUT2D eigenvalue weighted by molar-refractivity contribution is 0.569. The molecule has 0 radical (unpaired) electrons. The summed E-state index contributed by atoms with van der Waals surface area (Å²) in [4.78, 5) is 16.7. The second-order valence-corrected chi connectivity index (χ2v) is 28.7. The van der Waals surface area contributed by atoms with E-state index in [-0.39, 0.29) is 17.5 Å². The van der Waals surface area contributed by atoms with Crippen LogP contribution in [0, 0.1) is 0 Å². The van der Waals surface area contributed by atoms with E-state index < -0.39 is 0 Å². The van der Waals surface area contributed by atoms with E-state index in [4.69, 9.17) is 9.97 Å². The van der Waals surface area contributed by atoms with Gasteiger partial charge in [0.05, 0.1) is 11.2 Å². The van der Waals surface area contributed by atoms with E-state index in [1.165, 1.54) is 70.6 Å². The second kappa shape index (κ2) is 22.5. The molecule has 2 aliphatic heterocycles. The topological polar surface area (TPSA) is 32.3 Å². The van der Waals surface area contributed by atoms with Gasteiger partial charge in [-0.1, -0.05) is 248 Å². The molecule has 5 heteroatoms. The maximum Gasteiger partial charge on any atom is 0.252 e. The van der Waals surface area contributed by atoms with Gasteiger partial charge in [-0.2, -0.15) is 0 Å². The summed E-state index contributed by atoms with van der Waals surface area (Å²) in [5.74, 6) is 0.697. The van der Waals surface area contributed by atoms with Crippen molar-refractivity contribution >= 4 is 111 Å². The molecular formula is C92H69BN4. The normalized spacial score (nSPS) is 12.8. The molecule has 0 saturated heterocycles. The third kappa shape index (κ3) is 10.2. The fourth-order valence-electron chi connectivity index (χ4n) is 15.3. The first kappa shape index (κ1) is 58.0.